The van der Waals surface area contributed by atoms with Crippen LogP contribution in [0.5, 0.6) is 11.5 Å². The molecule has 0 saturated carbocycles. The van der Waals surface area contributed by atoms with Gasteiger partial charge in [-0.1, -0.05) is 0 Å². The van der Waals surface area contributed by atoms with Gasteiger partial charge in [0.1, 0.15) is 5.60 Å². The van der Waals surface area contributed by atoms with Crippen molar-refractivity contribution in [2.75, 3.05) is 51.9 Å². The number of anilines is 1. The first kappa shape index (κ1) is 18.5. The van der Waals surface area contributed by atoms with E-state index in [0.29, 0.717) is 25.5 Å². The zero-order valence-electron chi connectivity index (χ0n) is 15.9. The van der Waals surface area contributed by atoms with Crippen molar-refractivity contribution >= 4 is 11.6 Å². The molecule has 3 heterocycles. The summed E-state index contributed by atoms with van der Waals surface area (Å²) in [6.07, 6.45) is 3.90. The second-order valence-corrected chi connectivity index (χ2v) is 7.50. The Labute approximate surface area is 159 Å². The third kappa shape index (κ3) is 4.05. The number of amides is 1. The number of nitrogens with one attached hydrogen (secondary N) is 1. The first-order valence-electron chi connectivity index (χ1n) is 9.77. The van der Waals surface area contributed by atoms with E-state index in [9.17, 15) is 4.79 Å². The van der Waals surface area contributed by atoms with E-state index < -0.39 is 0 Å². The highest BCUT2D eigenvalue weighted by Gasteiger charge is 2.47. The number of rotatable bonds is 4. The second kappa shape index (κ2) is 8.04. The maximum absolute atomic E-state index is 12.6. The van der Waals surface area contributed by atoms with E-state index in [1.165, 1.54) is 0 Å². The van der Waals surface area contributed by atoms with Crippen LogP contribution in [-0.4, -0.2) is 69.1 Å². The van der Waals surface area contributed by atoms with Crippen molar-refractivity contribution in [2.45, 2.75) is 37.4 Å². The zero-order valence-corrected chi connectivity index (χ0v) is 15.9. The third-order valence-electron chi connectivity index (χ3n) is 5.60. The molecule has 1 N–H and O–H groups in total. The molecule has 27 heavy (non-hydrogen) atoms. The van der Waals surface area contributed by atoms with Crippen LogP contribution in [0.1, 0.15) is 25.7 Å². The molecule has 2 atom stereocenters. The van der Waals surface area contributed by atoms with Crippen LogP contribution >= 0.6 is 0 Å². The molecule has 7 nitrogen and oxygen atoms in total. The highest BCUT2D eigenvalue weighted by atomic mass is 16.6. The molecular weight excluding hydrogens is 348 g/mol. The smallest absolute Gasteiger partial charge is 0.238 e. The van der Waals surface area contributed by atoms with Crippen LogP contribution in [0.15, 0.2) is 18.2 Å². The van der Waals surface area contributed by atoms with Gasteiger partial charge in [0.25, 0.3) is 0 Å². The van der Waals surface area contributed by atoms with Gasteiger partial charge in [0.2, 0.25) is 5.91 Å². The average molecular weight is 376 g/mol. The number of likely N-dealkylation sites (tertiary alicyclic amines) is 1. The van der Waals surface area contributed by atoms with Crippen molar-refractivity contribution in [2.24, 2.45) is 0 Å². The second-order valence-electron chi connectivity index (χ2n) is 7.50. The first-order valence-corrected chi connectivity index (χ1v) is 9.77. The molecule has 0 aromatic heterocycles. The van der Waals surface area contributed by atoms with Gasteiger partial charge in [-0.25, -0.2) is 0 Å². The van der Waals surface area contributed by atoms with E-state index in [-0.39, 0.29) is 17.6 Å². The molecule has 3 aliphatic heterocycles. The summed E-state index contributed by atoms with van der Waals surface area (Å²) in [5, 5.41) is 2.98. The summed E-state index contributed by atoms with van der Waals surface area (Å²) in [4.78, 5) is 14.7. The fourth-order valence-electron chi connectivity index (χ4n) is 4.33. The number of carbonyl (C=O) groups is 1. The Hall–Kier alpha value is -1.83. The topological polar surface area (TPSA) is 69.3 Å². The van der Waals surface area contributed by atoms with Crippen LogP contribution in [0.25, 0.3) is 0 Å². The van der Waals surface area contributed by atoms with E-state index in [4.69, 9.17) is 18.9 Å². The first-order chi connectivity index (χ1) is 13.2. The predicted octanol–water partition coefficient (Wildman–Crippen LogP) is 2.06. The Morgan fingerprint density at radius 3 is 2.89 bits per heavy atom. The third-order valence-corrected chi connectivity index (χ3v) is 5.60. The number of fused-ring (bicyclic) bond motifs is 1. The maximum atomic E-state index is 12.6. The van der Waals surface area contributed by atoms with Crippen molar-refractivity contribution in [1.29, 1.82) is 0 Å². The standard InChI is InChI=1S/C20H28N2O5/c1-24-18-6-8-22(14-20(18)7-2-11-27-20)13-19(23)21-15-4-5-16-17(12-15)26-10-3-9-25-16/h4-5,12,18H,2-3,6-11,13-14H2,1H3,(H,21,23). The highest BCUT2D eigenvalue weighted by Crippen LogP contribution is 2.36. The van der Waals surface area contributed by atoms with E-state index in [0.717, 1.165) is 56.8 Å². The van der Waals surface area contributed by atoms with Gasteiger partial charge in [0, 0.05) is 45.0 Å². The molecule has 148 valence electrons. The summed E-state index contributed by atoms with van der Waals surface area (Å²) >= 11 is 0. The predicted molar refractivity (Wildman–Crippen MR) is 100 cm³/mol. The lowest BCUT2D eigenvalue weighted by Crippen LogP contribution is -2.58. The maximum Gasteiger partial charge on any atom is 0.238 e. The summed E-state index contributed by atoms with van der Waals surface area (Å²) in [7, 11) is 1.75. The number of nitrogens with zero attached hydrogens (tertiary/aromatic N) is 1. The SMILES string of the molecule is COC1CCN(CC(=O)Nc2ccc3c(c2)OCCCO3)CC12CCCO2. The van der Waals surface area contributed by atoms with E-state index in [2.05, 4.69) is 10.2 Å². The van der Waals surface area contributed by atoms with E-state index >= 15 is 0 Å². The largest absolute Gasteiger partial charge is 0.490 e. The number of hydrogen-bond acceptors (Lipinski definition) is 6. The van der Waals surface area contributed by atoms with Gasteiger partial charge < -0.3 is 24.3 Å². The Kier molecular flexibility index (Phi) is 5.52. The van der Waals surface area contributed by atoms with Crippen molar-refractivity contribution in [3.05, 3.63) is 18.2 Å². The zero-order chi connectivity index (χ0) is 18.7. The number of methoxy groups -OCH3 is 1. The molecular formula is C20H28N2O5. The Morgan fingerprint density at radius 1 is 1.26 bits per heavy atom. The van der Waals surface area contributed by atoms with Crippen LogP contribution in [0.3, 0.4) is 0 Å². The summed E-state index contributed by atoms with van der Waals surface area (Å²) in [6.45, 7) is 3.96. The highest BCUT2D eigenvalue weighted by molar-refractivity contribution is 5.92. The lowest BCUT2D eigenvalue weighted by atomic mass is 9.87. The van der Waals surface area contributed by atoms with Crippen molar-refractivity contribution < 1.29 is 23.7 Å². The molecule has 1 aromatic rings. The molecule has 1 amide bonds. The monoisotopic (exact) mass is 376 g/mol. The molecule has 2 saturated heterocycles. The van der Waals surface area contributed by atoms with Gasteiger partial charge >= 0.3 is 0 Å². The molecule has 1 aromatic carbocycles. The van der Waals surface area contributed by atoms with Gasteiger partial charge in [0.05, 0.1) is 25.9 Å². The fourth-order valence-corrected chi connectivity index (χ4v) is 4.33. The number of hydrogen-bond donors (Lipinski definition) is 1. The molecule has 2 fully saturated rings. The number of carbonyl (C=O) groups excluding carboxylic acids is 1. The number of ether oxygens (including phenoxy) is 4. The van der Waals surface area contributed by atoms with Crippen molar-refractivity contribution in [3.63, 3.8) is 0 Å². The average Bonchev–Trinajstić information content (AvgIpc) is 2.98. The molecule has 0 aliphatic carbocycles. The molecule has 1 spiro atoms. The fraction of sp³-hybridized carbons (Fsp3) is 0.650. The number of benzene rings is 1. The minimum absolute atomic E-state index is 0.0338. The minimum atomic E-state index is -0.261. The summed E-state index contributed by atoms with van der Waals surface area (Å²) in [5.41, 5.74) is 0.463. The quantitative estimate of drug-likeness (QED) is 0.868. The molecule has 3 aliphatic rings. The summed E-state index contributed by atoms with van der Waals surface area (Å²) < 4.78 is 23.0. The van der Waals surface area contributed by atoms with Crippen molar-refractivity contribution in [3.8, 4) is 11.5 Å². The van der Waals surface area contributed by atoms with Crippen LogP contribution in [-0.2, 0) is 14.3 Å². The van der Waals surface area contributed by atoms with Gasteiger partial charge in [0.15, 0.2) is 11.5 Å². The van der Waals surface area contributed by atoms with Crippen LogP contribution < -0.4 is 14.8 Å². The number of piperidine rings is 1. The van der Waals surface area contributed by atoms with Crippen LogP contribution in [0.4, 0.5) is 5.69 Å². The Balaban J connectivity index is 1.36. The van der Waals surface area contributed by atoms with Gasteiger partial charge in [-0.05, 0) is 31.4 Å². The van der Waals surface area contributed by atoms with Crippen LogP contribution in [0.2, 0.25) is 0 Å². The molecule has 2 unspecified atom stereocenters. The summed E-state index contributed by atoms with van der Waals surface area (Å²) in [6, 6.07) is 5.53. The summed E-state index contributed by atoms with van der Waals surface area (Å²) in [5.74, 6) is 1.38. The lowest BCUT2D eigenvalue weighted by Gasteiger charge is -2.44. The van der Waals surface area contributed by atoms with E-state index in [1.807, 2.05) is 18.2 Å². The van der Waals surface area contributed by atoms with Gasteiger partial charge in [-0.3, -0.25) is 9.69 Å². The minimum Gasteiger partial charge on any atom is -0.490 e. The molecule has 0 bridgehead atoms. The Bertz CT molecular complexity index is 674. The van der Waals surface area contributed by atoms with Crippen molar-refractivity contribution in [1.82, 2.24) is 4.90 Å². The van der Waals surface area contributed by atoms with Gasteiger partial charge in [-0.15, -0.1) is 0 Å². The lowest BCUT2D eigenvalue weighted by molar-refractivity contribution is -0.146. The Morgan fingerprint density at radius 2 is 2.11 bits per heavy atom. The molecule has 0 radical (unpaired) electrons. The van der Waals surface area contributed by atoms with E-state index in [1.54, 1.807) is 7.11 Å². The van der Waals surface area contributed by atoms with Gasteiger partial charge in [-0.2, -0.15) is 0 Å². The van der Waals surface area contributed by atoms with Crippen LogP contribution in [0, 0.1) is 0 Å². The normalized spacial score (nSPS) is 28.1. The molecule has 7 heteroatoms. The molecule has 4 rings (SSSR count).